The SMILES string of the molecule is Cn1ncc(Oc2cccc(Cl)c2)c(Nc2ccc(C(=O)NC3CC3)cc2)c1=O. The van der Waals surface area contributed by atoms with Crippen molar-refractivity contribution in [1.82, 2.24) is 15.1 Å². The van der Waals surface area contributed by atoms with Gasteiger partial charge in [0, 0.05) is 29.4 Å². The van der Waals surface area contributed by atoms with Gasteiger partial charge in [-0.1, -0.05) is 17.7 Å². The van der Waals surface area contributed by atoms with E-state index in [1.807, 2.05) is 0 Å². The number of amides is 1. The largest absolute Gasteiger partial charge is 0.453 e. The minimum absolute atomic E-state index is 0.0937. The molecule has 1 aliphatic carbocycles. The highest BCUT2D eigenvalue weighted by atomic mass is 35.5. The van der Waals surface area contributed by atoms with E-state index in [1.165, 1.54) is 10.9 Å². The van der Waals surface area contributed by atoms with Crippen LogP contribution in [0.5, 0.6) is 11.5 Å². The highest BCUT2D eigenvalue weighted by Gasteiger charge is 2.23. The predicted molar refractivity (Wildman–Crippen MR) is 111 cm³/mol. The molecule has 0 radical (unpaired) electrons. The number of carbonyl (C=O) groups is 1. The van der Waals surface area contributed by atoms with Gasteiger partial charge in [0.2, 0.25) is 0 Å². The predicted octanol–water partition coefficient (Wildman–Crippen LogP) is 3.86. The first kappa shape index (κ1) is 19.0. The Morgan fingerprint density at radius 3 is 2.66 bits per heavy atom. The number of hydrogen-bond donors (Lipinski definition) is 2. The fourth-order valence-electron chi connectivity index (χ4n) is 2.72. The van der Waals surface area contributed by atoms with Gasteiger partial charge in [-0.05, 0) is 55.3 Å². The summed E-state index contributed by atoms with van der Waals surface area (Å²) in [6, 6.07) is 14.1. The van der Waals surface area contributed by atoms with Gasteiger partial charge < -0.3 is 15.4 Å². The highest BCUT2D eigenvalue weighted by molar-refractivity contribution is 6.30. The minimum atomic E-state index is -0.347. The average molecular weight is 411 g/mol. The van der Waals surface area contributed by atoms with Gasteiger partial charge in [-0.2, -0.15) is 5.10 Å². The van der Waals surface area contributed by atoms with E-state index in [9.17, 15) is 9.59 Å². The second-order valence-corrected chi connectivity index (χ2v) is 7.26. The quantitative estimate of drug-likeness (QED) is 0.644. The van der Waals surface area contributed by atoms with Gasteiger partial charge in [-0.15, -0.1) is 0 Å². The van der Waals surface area contributed by atoms with Gasteiger partial charge in [-0.3, -0.25) is 9.59 Å². The Kier molecular flexibility index (Phi) is 5.22. The van der Waals surface area contributed by atoms with Crippen LogP contribution in [0.15, 0.2) is 59.5 Å². The van der Waals surface area contributed by atoms with Crippen molar-refractivity contribution in [3.8, 4) is 11.5 Å². The molecule has 2 N–H and O–H groups in total. The molecular weight excluding hydrogens is 392 g/mol. The average Bonchev–Trinajstić information content (AvgIpc) is 3.52. The van der Waals surface area contributed by atoms with Crippen LogP contribution in [0.4, 0.5) is 11.4 Å². The maximum absolute atomic E-state index is 12.6. The molecule has 0 atom stereocenters. The van der Waals surface area contributed by atoms with E-state index in [0.717, 1.165) is 12.8 Å². The van der Waals surface area contributed by atoms with Crippen LogP contribution in [0.3, 0.4) is 0 Å². The summed E-state index contributed by atoms with van der Waals surface area (Å²) < 4.78 is 7.04. The Morgan fingerprint density at radius 2 is 1.97 bits per heavy atom. The van der Waals surface area contributed by atoms with Gasteiger partial charge in [0.15, 0.2) is 11.4 Å². The third kappa shape index (κ3) is 4.57. The zero-order valence-corrected chi connectivity index (χ0v) is 16.4. The molecule has 0 saturated heterocycles. The summed E-state index contributed by atoms with van der Waals surface area (Å²) in [5.74, 6) is 0.664. The van der Waals surface area contributed by atoms with Crippen molar-refractivity contribution in [2.24, 2.45) is 7.05 Å². The van der Waals surface area contributed by atoms with Crippen molar-refractivity contribution in [3.05, 3.63) is 75.7 Å². The summed E-state index contributed by atoms with van der Waals surface area (Å²) in [4.78, 5) is 24.7. The van der Waals surface area contributed by atoms with E-state index in [-0.39, 0.29) is 22.9 Å². The number of benzene rings is 2. The van der Waals surface area contributed by atoms with E-state index in [4.69, 9.17) is 16.3 Å². The Labute approximate surface area is 172 Å². The van der Waals surface area contributed by atoms with Gasteiger partial charge in [0.05, 0.1) is 6.20 Å². The molecule has 7 nitrogen and oxygen atoms in total. The number of aryl methyl sites for hydroxylation is 1. The zero-order valence-electron chi connectivity index (χ0n) is 15.7. The van der Waals surface area contributed by atoms with Crippen LogP contribution in [0.1, 0.15) is 23.2 Å². The van der Waals surface area contributed by atoms with Gasteiger partial charge in [0.1, 0.15) is 5.75 Å². The summed E-state index contributed by atoms with van der Waals surface area (Å²) in [7, 11) is 1.56. The standard InChI is InChI=1S/C21H19ClN4O3/c1-26-21(28)19(18(12-23-26)29-17-4-2-3-14(22)11-17)24-15-7-5-13(6-8-15)20(27)25-16-9-10-16/h2-8,11-12,16,24H,9-10H2,1H3,(H,25,27). The first-order valence-electron chi connectivity index (χ1n) is 9.17. The maximum Gasteiger partial charge on any atom is 0.294 e. The number of carbonyl (C=O) groups excluding carboxylic acids is 1. The summed E-state index contributed by atoms with van der Waals surface area (Å²) >= 11 is 6.00. The lowest BCUT2D eigenvalue weighted by Gasteiger charge is -2.13. The van der Waals surface area contributed by atoms with Gasteiger partial charge >= 0.3 is 0 Å². The van der Waals surface area contributed by atoms with Crippen molar-refractivity contribution >= 4 is 28.9 Å². The fourth-order valence-corrected chi connectivity index (χ4v) is 2.90. The lowest BCUT2D eigenvalue weighted by molar-refractivity contribution is 0.0951. The van der Waals surface area contributed by atoms with E-state index in [1.54, 1.807) is 55.6 Å². The number of nitrogens with zero attached hydrogens (tertiary/aromatic N) is 2. The minimum Gasteiger partial charge on any atom is -0.453 e. The van der Waals surface area contributed by atoms with Crippen molar-refractivity contribution in [2.45, 2.75) is 18.9 Å². The van der Waals surface area contributed by atoms with E-state index < -0.39 is 0 Å². The van der Waals surface area contributed by atoms with Gasteiger partial charge in [-0.25, -0.2) is 4.68 Å². The molecule has 1 fully saturated rings. The third-order valence-electron chi connectivity index (χ3n) is 4.46. The number of anilines is 2. The van der Waals surface area contributed by atoms with Crippen LogP contribution in [-0.4, -0.2) is 21.7 Å². The molecule has 2 aromatic carbocycles. The molecule has 1 aromatic heterocycles. The molecule has 1 amide bonds. The van der Waals surface area contributed by atoms with E-state index in [0.29, 0.717) is 28.1 Å². The monoisotopic (exact) mass is 410 g/mol. The zero-order chi connectivity index (χ0) is 20.4. The van der Waals surface area contributed by atoms with Crippen molar-refractivity contribution in [3.63, 3.8) is 0 Å². The van der Waals surface area contributed by atoms with Crippen LogP contribution in [0.2, 0.25) is 5.02 Å². The second kappa shape index (κ2) is 7.97. The Balaban J connectivity index is 1.58. The normalized spacial score (nSPS) is 13.0. The molecular formula is C21H19ClN4O3. The first-order valence-corrected chi connectivity index (χ1v) is 9.55. The number of rotatable bonds is 6. The van der Waals surface area contributed by atoms with E-state index >= 15 is 0 Å². The van der Waals surface area contributed by atoms with Gasteiger partial charge in [0.25, 0.3) is 11.5 Å². The number of nitrogens with one attached hydrogen (secondary N) is 2. The number of aromatic nitrogens is 2. The van der Waals surface area contributed by atoms with Crippen LogP contribution in [0, 0.1) is 0 Å². The number of hydrogen-bond acceptors (Lipinski definition) is 5. The highest BCUT2D eigenvalue weighted by Crippen LogP contribution is 2.29. The molecule has 1 heterocycles. The van der Waals surface area contributed by atoms with Crippen LogP contribution >= 0.6 is 11.6 Å². The summed E-state index contributed by atoms with van der Waals surface area (Å²) in [6.07, 6.45) is 3.53. The van der Waals surface area contributed by atoms with Crippen LogP contribution in [0.25, 0.3) is 0 Å². The molecule has 0 spiro atoms. The molecule has 3 aromatic rings. The molecule has 0 bridgehead atoms. The molecule has 1 aliphatic rings. The first-order chi connectivity index (χ1) is 14.0. The lowest BCUT2D eigenvalue weighted by atomic mass is 10.2. The summed E-state index contributed by atoms with van der Waals surface area (Å²) in [5, 5.41) is 10.6. The van der Waals surface area contributed by atoms with Crippen LogP contribution < -0.4 is 20.9 Å². The van der Waals surface area contributed by atoms with Crippen molar-refractivity contribution < 1.29 is 9.53 Å². The Morgan fingerprint density at radius 1 is 1.21 bits per heavy atom. The molecule has 29 heavy (non-hydrogen) atoms. The van der Waals surface area contributed by atoms with E-state index in [2.05, 4.69) is 15.7 Å². The van der Waals surface area contributed by atoms with Crippen molar-refractivity contribution in [1.29, 1.82) is 0 Å². The lowest BCUT2D eigenvalue weighted by Crippen LogP contribution is -2.25. The maximum atomic E-state index is 12.6. The summed E-state index contributed by atoms with van der Waals surface area (Å²) in [5.41, 5.74) is 1.10. The molecule has 0 unspecified atom stereocenters. The Bertz CT molecular complexity index is 1110. The molecule has 1 saturated carbocycles. The molecule has 4 rings (SSSR count). The van der Waals surface area contributed by atoms with Crippen LogP contribution in [-0.2, 0) is 7.05 Å². The second-order valence-electron chi connectivity index (χ2n) is 6.82. The summed E-state index contributed by atoms with van der Waals surface area (Å²) in [6.45, 7) is 0. The van der Waals surface area contributed by atoms with Crippen molar-refractivity contribution in [2.75, 3.05) is 5.32 Å². The topological polar surface area (TPSA) is 85.2 Å². The molecule has 0 aliphatic heterocycles. The Hall–Kier alpha value is -3.32. The third-order valence-corrected chi connectivity index (χ3v) is 4.69. The number of ether oxygens (including phenoxy) is 1. The molecule has 148 valence electrons. The smallest absolute Gasteiger partial charge is 0.294 e. The molecule has 8 heteroatoms. The fraction of sp³-hybridized carbons (Fsp3) is 0.190. The number of halogens is 1.